The fourth-order valence-corrected chi connectivity index (χ4v) is 4.18. The number of primary amides is 1. The van der Waals surface area contributed by atoms with Gasteiger partial charge in [-0.2, -0.15) is 13.2 Å². The molecular formula is C19H19F3N2O2. The summed E-state index contributed by atoms with van der Waals surface area (Å²) in [5.41, 5.74) is 5.74. The number of carbonyl (C=O) groups is 1. The molecule has 3 aliphatic heterocycles. The molecule has 138 valence electrons. The minimum absolute atomic E-state index is 0.0659. The van der Waals surface area contributed by atoms with Crippen molar-refractivity contribution in [1.29, 1.82) is 0 Å². The Balaban J connectivity index is 1.74. The number of carbonyl (C=O) groups excluding carboxylic acids is 1. The van der Waals surface area contributed by atoms with Gasteiger partial charge in [-0.1, -0.05) is 12.1 Å². The van der Waals surface area contributed by atoms with Crippen molar-refractivity contribution in [3.63, 3.8) is 0 Å². The summed E-state index contributed by atoms with van der Waals surface area (Å²) < 4.78 is 44.6. The summed E-state index contributed by atoms with van der Waals surface area (Å²) in [5.74, 6) is 0.204. The first-order valence-corrected chi connectivity index (χ1v) is 8.66. The van der Waals surface area contributed by atoms with Gasteiger partial charge in [0.05, 0.1) is 5.56 Å². The molecule has 1 atom stereocenters. The van der Waals surface area contributed by atoms with E-state index in [1.54, 1.807) is 12.1 Å². The maximum Gasteiger partial charge on any atom is 0.416 e. The molecule has 3 saturated heterocycles. The zero-order valence-corrected chi connectivity index (χ0v) is 14.1. The molecule has 0 spiro atoms. The predicted octanol–water partition coefficient (Wildman–Crippen LogP) is 3.87. The Hall–Kier alpha value is -2.28. The molecule has 0 radical (unpaired) electrons. The molecule has 1 aromatic carbocycles. The third-order valence-corrected chi connectivity index (χ3v) is 5.51. The number of nitrogens with zero attached hydrogens (tertiary/aromatic N) is 1. The standard InChI is InChI=1S/C19H19F3N2O2/c20-19(21,22)13-3-1-2-12(8-13)16-9-14(17(26-16)18(23)25)15-10-24-6-4-11(15)5-7-24/h1-3,8-9,11,15H,4-7,10H2,(H2,23,25). The number of hydrogen-bond acceptors (Lipinski definition) is 3. The third-order valence-electron chi connectivity index (χ3n) is 5.51. The second kappa shape index (κ2) is 6.16. The Morgan fingerprint density at radius 1 is 1.19 bits per heavy atom. The summed E-state index contributed by atoms with van der Waals surface area (Å²) in [6.45, 7) is 2.92. The highest BCUT2D eigenvalue weighted by Gasteiger charge is 2.38. The van der Waals surface area contributed by atoms with E-state index in [1.807, 2.05) is 0 Å². The van der Waals surface area contributed by atoms with E-state index >= 15 is 0 Å². The van der Waals surface area contributed by atoms with Crippen LogP contribution in [0.2, 0.25) is 0 Å². The number of halogens is 3. The largest absolute Gasteiger partial charge is 0.451 e. The molecule has 2 bridgehead atoms. The Bertz CT molecular complexity index is 836. The van der Waals surface area contributed by atoms with Gasteiger partial charge in [0.2, 0.25) is 0 Å². The second-order valence-electron chi connectivity index (χ2n) is 7.08. The van der Waals surface area contributed by atoms with E-state index in [0.717, 1.165) is 50.2 Å². The lowest BCUT2D eigenvalue weighted by Crippen LogP contribution is -2.46. The first-order valence-electron chi connectivity index (χ1n) is 8.66. The molecule has 1 aromatic heterocycles. The molecule has 26 heavy (non-hydrogen) atoms. The van der Waals surface area contributed by atoms with Crippen molar-refractivity contribution in [3.8, 4) is 11.3 Å². The Morgan fingerprint density at radius 2 is 1.92 bits per heavy atom. The zero-order chi connectivity index (χ0) is 18.5. The van der Waals surface area contributed by atoms with Gasteiger partial charge >= 0.3 is 6.18 Å². The molecular weight excluding hydrogens is 345 g/mol. The molecule has 5 rings (SSSR count). The summed E-state index contributed by atoms with van der Waals surface area (Å²) in [6, 6.07) is 6.61. The van der Waals surface area contributed by atoms with E-state index in [4.69, 9.17) is 10.2 Å². The number of hydrogen-bond donors (Lipinski definition) is 1. The molecule has 0 saturated carbocycles. The van der Waals surface area contributed by atoms with Gasteiger partial charge < -0.3 is 15.1 Å². The summed E-state index contributed by atoms with van der Waals surface area (Å²) in [6.07, 6.45) is -2.34. The average Bonchev–Trinajstić information content (AvgIpc) is 3.08. The van der Waals surface area contributed by atoms with E-state index < -0.39 is 17.6 Å². The quantitative estimate of drug-likeness (QED) is 0.899. The van der Waals surface area contributed by atoms with E-state index in [2.05, 4.69) is 4.90 Å². The molecule has 2 aromatic rings. The van der Waals surface area contributed by atoms with Crippen LogP contribution >= 0.6 is 0 Å². The van der Waals surface area contributed by atoms with Crippen LogP contribution in [0.15, 0.2) is 34.7 Å². The number of benzene rings is 1. The Morgan fingerprint density at radius 3 is 2.50 bits per heavy atom. The predicted molar refractivity (Wildman–Crippen MR) is 89.6 cm³/mol. The van der Waals surface area contributed by atoms with Crippen LogP contribution in [0, 0.1) is 5.92 Å². The molecule has 4 nitrogen and oxygen atoms in total. The van der Waals surface area contributed by atoms with Crippen molar-refractivity contribution in [2.45, 2.75) is 24.9 Å². The highest BCUT2D eigenvalue weighted by Crippen LogP contribution is 2.42. The van der Waals surface area contributed by atoms with E-state index in [-0.39, 0.29) is 23.0 Å². The topological polar surface area (TPSA) is 59.5 Å². The van der Waals surface area contributed by atoms with Gasteiger partial charge in [0.15, 0.2) is 5.76 Å². The van der Waals surface area contributed by atoms with Gasteiger partial charge in [-0.25, -0.2) is 0 Å². The maximum absolute atomic E-state index is 13.0. The number of nitrogens with two attached hydrogens (primary N) is 1. The zero-order valence-electron chi connectivity index (χ0n) is 14.1. The number of furan rings is 1. The molecule has 1 unspecified atom stereocenters. The van der Waals surface area contributed by atoms with Crippen LogP contribution in [0.3, 0.4) is 0 Å². The van der Waals surface area contributed by atoms with Crippen molar-refractivity contribution >= 4 is 5.91 Å². The molecule has 4 heterocycles. The fourth-order valence-electron chi connectivity index (χ4n) is 4.18. The van der Waals surface area contributed by atoms with Gasteiger partial charge in [-0.15, -0.1) is 0 Å². The first-order chi connectivity index (χ1) is 12.3. The monoisotopic (exact) mass is 364 g/mol. The summed E-state index contributed by atoms with van der Waals surface area (Å²) in [4.78, 5) is 14.2. The van der Waals surface area contributed by atoms with Gasteiger partial charge in [-0.3, -0.25) is 4.79 Å². The first kappa shape index (κ1) is 17.1. The highest BCUT2D eigenvalue weighted by atomic mass is 19.4. The number of alkyl halides is 3. The van der Waals surface area contributed by atoms with Crippen molar-refractivity contribution in [1.82, 2.24) is 4.90 Å². The third kappa shape index (κ3) is 3.00. The van der Waals surface area contributed by atoms with Crippen molar-refractivity contribution in [3.05, 3.63) is 47.2 Å². The average molecular weight is 364 g/mol. The van der Waals surface area contributed by atoms with Crippen LogP contribution in [0.1, 0.15) is 40.4 Å². The van der Waals surface area contributed by atoms with Crippen LogP contribution in [0.25, 0.3) is 11.3 Å². The second-order valence-corrected chi connectivity index (χ2v) is 7.08. The van der Waals surface area contributed by atoms with Gasteiger partial charge in [0, 0.05) is 23.6 Å². The fraction of sp³-hybridized carbons (Fsp3) is 0.421. The van der Waals surface area contributed by atoms with Crippen LogP contribution < -0.4 is 5.73 Å². The summed E-state index contributed by atoms with van der Waals surface area (Å²) in [5, 5.41) is 0. The van der Waals surface area contributed by atoms with Crippen LogP contribution in [0.4, 0.5) is 13.2 Å². The molecule has 3 aliphatic rings. The molecule has 3 fully saturated rings. The number of rotatable bonds is 3. The van der Waals surface area contributed by atoms with Gasteiger partial charge in [-0.05, 0) is 50.0 Å². The van der Waals surface area contributed by atoms with Crippen LogP contribution in [-0.4, -0.2) is 30.4 Å². The van der Waals surface area contributed by atoms with Crippen LogP contribution in [-0.2, 0) is 6.18 Å². The van der Waals surface area contributed by atoms with Crippen molar-refractivity contribution in [2.75, 3.05) is 19.6 Å². The number of fused-ring (bicyclic) bond motifs is 3. The lowest BCUT2D eigenvalue weighted by molar-refractivity contribution is -0.137. The lowest BCUT2D eigenvalue weighted by Gasteiger charge is -2.44. The molecule has 7 heteroatoms. The molecule has 0 aliphatic carbocycles. The van der Waals surface area contributed by atoms with E-state index in [1.165, 1.54) is 6.07 Å². The lowest BCUT2D eigenvalue weighted by atomic mass is 9.75. The Kier molecular flexibility index (Phi) is 4.06. The van der Waals surface area contributed by atoms with E-state index in [9.17, 15) is 18.0 Å². The summed E-state index contributed by atoms with van der Waals surface area (Å²) in [7, 11) is 0. The van der Waals surface area contributed by atoms with Crippen LogP contribution in [0.5, 0.6) is 0 Å². The molecule has 1 amide bonds. The summed E-state index contributed by atoms with van der Waals surface area (Å²) >= 11 is 0. The van der Waals surface area contributed by atoms with Crippen molar-refractivity contribution < 1.29 is 22.4 Å². The highest BCUT2D eigenvalue weighted by molar-refractivity contribution is 5.92. The minimum atomic E-state index is -4.44. The van der Waals surface area contributed by atoms with E-state index in [0.29, 0.717) is 5.92 Å². The van der Waals surface area contributed by atoms with Gasteiger partial charge in [0.1, 0.15) is 5.76 Å². The Labute approximate surface area is 148 Å². The smallest absolute Gasteiger partial charge is 0.416 e. The minimum Gasteiger partial charge on any atom is -0.451 e. The number of amides is 1. The molecule has 2 N–H and O–H groups in total. The van der Waals surface area contributed by atoms with Crippen molar-refractivity contribution in [2.24, 2.45) is 11.7 Å². The maximum atomic E-state index is 13.0. The van der Waals surface area contributed by atoms with Gasteiger partial charge in [0.25, 0.3) is 5.91 Å². The normalized spacial score (nSPS) is 25.4. The number of piperidine rings is 3. The SMILES string of the molecule is NC(=O)c1oc(-c2cccc(C(F)(F)F)c2)cc1C1CN2CCC1CC2.